The van der Waals surface area contributed by atoms with E-state index >= 15 is 0 Å². The molecule has 3 rings (SSSR count). The molecule has 0 spiro atoms. The van der Waals surface area contributed by atoms with Crippen LogP contribution in [0.4, 0.5) is 4.39 Å². The van der Waals surface area contributed by atoms with Gasteiger partial charge in [-0.3, -0.25) is 0 Å². The Kier molecular flexibility index (Phi) is 7.24. The van der Waals surface area contributed by atoms with Crippen LogP contribution >= 0.6 is 11.3 Å². The van der Waals surface area contributed by atoms with Crippen molar-refractivity contribution in [3.8, 4) is 5.75 Å². The highest BCUT2D eigenvalue weighted by atomic mass is 32.1. The van der Waals surface area contributed by atoms with Crippen LogP contribution in [0.1, 0.15) is 55.2 Å². The van der Waals surface area contributed by atoms with Crippen LogP contribution in [0.2, 0.25) is 0 Å². The van der Waals surface area contributed by atoms with Gasteiger partial charge in [-0.05, 0) is 80.6 Å². The zero-order valence-corrected chi connectivity index (χ0v) is 17.5. The summed E-state index contributed by atoms with van der Waals surface area (Å²) in [5.74, 6) is 0.880. The molecule has 3 aromatic rings. The Hall–Kier alpha value is -2.17. The minimum Gasteiger partial charge on any atom is -0.491 e. The summed E-state index contributed by atoms with van der Waals surface area (Å²) in [6, 6.07) is 19.7. The molecule has 4 heteroatoms. The Balaban J connectivity index is 1.72. The predicted octanol–water partition coefficient (Wildman–Crippen LogP) is 6.55. The molecule has 1 aromatic heterocycles. The van der Waals surface area contributed by atoms with E-state index in [4.69, 9.17) is 4.74 Å². The van der Waals surface area contributed by atoms with Crippen molar-refractivity contribution >= 4 is 11.3 Å². The maximum atomic E-state index is 13.4. The van der Waals surface area contributed by atoms with Crippen LogP contribution in [-0.4, -0.2) is 12.6 Å². The Morgan fingerprint density at radius 3 is 2.14 bits per heavy atom. The first-order chi connectivity index (χ1) is 13.5. The molecule has 0 fully saturated rings. The first-order valence-electron chi connectivity index (χ1n) is 9.82. The van der Waals surface area contributed by atoms with Crippen molar-refractivity contribution in [3.63, 3.8) is 0 Å². The van der Waals surface area contributed by atoms with Crippen LogP contribution in [0.15, 0.2) is 66.0 Å². The zero-order valence-electron chi connectivity index (χ0n) is 16.7. The molecule has 1 N–H and O–H groups in total. The third kappa shape index (κ3) is 5.66. The molecule has 0 aliphatic heterocycles. The van der Waals surface area contributed by atoms with E-state index < -0.39 is 0 Å². The van der Waals surface area contributed by atoms with Crippen molar-refractivity contribution < 1.29 is 9.13 Å². The highest BCUT2D eigenvalue weighted by Crippen LogP contribution is 2.30. The van der Waals surface area contributed by atoms with Gasteiger partial charge in [0.1, 0.15) is 11.6 Å². The Bertz CT molecular complexity index is 828. The van der Waals surface area contributed by atoms with Gasteiger partial charge in [0.05, 0.1) is 6.10 Å². The second kappa shape index (κ2) is 9.85. The molecule has 0 bridgehead atoms. The fourth-order valence-corrected chi connectivity index (χ4v) is 4.11. The van der Waals surface area contributed by atoms with E-state index in [0.29, 0.717) is 6.04 Å². The Morgan fingerprint density at radius 2 is 1.57 bits per heavy atom. The third-order valence-corrected chi connectivity index (χ3v) is 5.84. The van der Waals surface area contributed by atoms with Crippen LogP contribution in [0, 0.1) is 5.82 Å². The molecule has 0 amide bonds. The minimum atomic E-state index is -0.201. The van der Waals surface area contributed by atoms with Gasteiger partial charge >= 0.3 is 0 Å². The van der Waals surface area contributed by atoms with Crippen LogP contribution in [-0.2, 0) is 0 Å². The van der Waals surface area contributed by atoms with Crippen molar-refractivity contribution in [1.82, 2.24) is 5.32 Å². The average molecular weight is 398 g/mol. The molecule has 28 heavy (non-hydrogen) atoms. The van der Waals surface area contributed by atoms with E-state index in [1.165, 1.54) is 10.4 Å². The first kappa shape index (κ1) is 20.6. The molecular weight excluding hydrogens is 369 g/mol. The molecule has 2 aromatic carbocycles. The lowest BCUT2D eigenvalue weighted by Gasteiger charge is -2.21. The number of benzene rings is 2. The van der Waals surface area contributed by atoms with Gasteiger partial charge in [-0.15, -0.1) is 11.3 Å². The normalized spacial score (nSPS) is 13.5. The molecule has 0 radical (unpaired) electrons. The number of hydrogen-bond acceptors (Lipinski definition) is 3. The summed E-state index contributed by atoms with van der Waals surface area (Å²) in [4.78, 5) is 1.34. The van der Waals surface area contributed by atoms with Crippen LogP contribution in [0.3, 0.4) is 0 Å². The van der Waals surface area contributed by atoms with Crippen LogP contribution in [0.25, 0.3) is 0 Å². The molecule has 1 heterocycles. The number of rotatable bonds is 9. The van der Waals surface area contributed by atoms with E-state index in [1.54, 1.807) is 23.5 Å². The summed E-state index contributed by atoms with van der Waals surface area (Å²) in [6.45, 7) is 7.12. The molecule has 0 unspecified atom stereocenters. The molecule has 0 saturated heterocycles. The molecule has 2 nitrogen and oxygen atoms in total. The topological polar surface area (TPSA) is 21.3 Å². The fraction of sp³-hybridized carbons (Fsp3) is 0.333. The second-order valence-corrected chi connectivity index (χ2v) is 8.30. The smallest absolute Gasteiger partial charge is 0.123 e. The maximum Gasteiger partial charge on any atom is 0.123 e. The van der Waals surface area contributed by atoms with Crippen molar-refractivity contribution in [3.05, 3.63) is 87.9 Å². The molecule has 148 valence electrons. The van der Waals surface area contributed by atoms with E-state index in [0.717, 1.165) is 24.3 Å². The van der Waals surface area contributed by atoms with Crippen molar-refractivity contribution in [2.24, 2.45) is 0 Å². The van der Waals surface area contributed by atoms with Crippen LogP contribution in [0.5, 0.6) is 5.75 Å². The number of thiophene rings is 1. The van der Waals surface area contributed by atoms with Gasteiger partial charge in [-0.2, -0.15) is 0 Å². The summed E-state index contributed by atoms with van der Waals surface area (Å²) in [5.41, 5.74) is 2.35. The lowest BCUT2D eigenvalue weighted by Crippen LogP contribution is -2.21. The van der Waals surface area contributed by atoms with E-state index in [2.05, 4.69) is 41.9 Å². The Morgan fingerprint density at radius 1 is 0.929 bits per heavy atom. The highest BCUT2D eigenvalue weighted by molar-refractivity contribution is 7.10. The van der Waals surface area contributed by atoms with Crippen molar-refractivity contribution in [2.75, 3.05) is 6.54 Å². The molecule has 0 aliphatic carbocycles. The van der Waals surface area contributed by atoms with Gasteiger partial charge < -0.3 is 10.1 Å². The third-order valence-electron chi connectivity index (χ3n) is 4.78. The SMILES string of the molecule is CC(C)Oc1ccc([C@H](CCN[C@H](C)c2cccs2)c2ccc(F)cc2)cc1. The summed E-state index contributed by atoms with van der Waals surface area (Å²) in [6.07, 6.45) is 1.09. The van der Waals surface area contributed by atoms with Crippen LogP contribution < -0.4 is 10.1 Å². The summed E-state index contributed by atoms with van der Waals surface area (Å²) >= 11 is 1.77. The summed E-state index contributed by atoms with van der Waals surface area (Å²) < 4.78 is 19.2. The van der Waals surface area contributed by atoms with E-state index in [1.807, 2.05) is 38.1 Å². The van der Waals surface area contributed by atoms with Crippen molar-refractivity contribution in [2.45, 2.75) is 45.3 Å². The number of nitrogens with one attached hydrogen (secondary N) is 1. The first-order valence-corrected chi connectivity index (χ1v) is 10.7. The zero-order chi connectivity index (χ0) is 19.9. The molecule has 2 atom stereocenters. The molecular formula is C24H28FNOS. The van der Waals surface area contributed by atoms with E-state index in [9.17, 15) is 4.39 Å². The maximum absolute atomic E-state index is 13.4. The summed E-state index contributed by atoms with van der Waals surface area (Å²) in [7, 11) is 0. The van der Waals surface area contributed by atoms with Gasteiger partial charge in [0.25, 0.3) is 0 Å². The standard InChI is InChI=1S/C24H28FNOS/c1-17(2)27-22-12-8-20(9-13-22)23(19-6-10-21(25)11-7-19)14-15-26-18(3)24-5-4-16-28-24/h4-13,16-18,23,26H,14-15H2,1-3H3/t18-,23-/m1/s1. The molecule has 0 aliphatic rings. The number of halogens is 1. The van der Waals surface area contributed by atoms with Gasteiger partial charge in [0.15, 0.2) is 0 Å². The minimum absolute atomic E-state index is 0.154. The van der Waals surface area contributed by atoms with Gasteiger partial charge in [-0.1, -0.05) is 30.3 Å². The largest absolute Gasteiger partial charge is 0.491 e. The number of ether oxygens (including phenoxy) is 1. The van der Waals surface area contributed by atoms with Crippen molar-refractivity contribution in [1.29, 1.82) is 0 Å². The van der Waals surface area contributed by atoms with Gasteiger partial charge in [0, 0.05) is 16.8 Å². The van der Waals surface area contributed by atoms with Gasteiger partial charge in [-0.25, -0.2) is 4.39 Å². The Labute approximate surface area is 171 Å². The quantitative estimate of drug-likeness (QED) is 0.442. The lowest BCUT2D eigenvalue weighted by atomic mass is 9.88. The van der Waals surface area contributed by atoms with Gasteiger partial charge in [0.2, 0.25) is 0 Å². The monoisotopic (exact) mass is 397 g/mol. The predicted molar refractivity (Wildman–Crippen MR) is 116 cm³/mol. The molecule has 0 saturated carbocycles. The fourth-order valence-electron chi connectivity index (χ4n) is 3.35. The second-order valence-electron chi connectivity index (χ2n) is 7.32. The summed E-state index contributed by atoms with van der Waals surface area (Å²) in [5, 5.41) is 5.72. The van der Waals surface area contributed by atoms with E-state index in [-0.39, 0.29) is 17.8 Å². The lowest BCUT2D eigenvalue weighted by molar-refractivity contribution is 0.242. The number of hydrogen-bond donors (Lipinski definition) is 1. The highest BCUT2D eigenvalue weighted by Gasteiger charge is 2.16. The average Bonchev–Trinajstić information content (AvgIpc) is 3.21.